The molecule has 0 radical (unpaired) electrons. The van der Waals surface area contributed by atoms with Crippen LogP contribution in [0.25, 0.3) is 11.1 Å². The number of ether oxygens (including phenoxy) is 2. The van der Waals surface area contributed by atoms with E-state index in [0.29, 0.717) is 24.0 Å². The molecule has 1 aliphatic rings. The van der Waals surface area contributed by atoms with E-state index in [-0.39, 0.29) is 12.1 Å². The van der Waals surface area contributed by atoms with Crippen LogP contribution in [0.1, 0.15) is 50.0 Å². The first-order valence-corrected chi connectivity index (χ1v) is 13.0. The van der Waals surface area contributed by atoms with Crippen molar-refractivity contribution in [3.8, 4) is 16.9 Å². The van der Waals surface area contributed by atoms with E-state index in [1.54, 1.807) is 6.20 Å². The summed E-state index contributed by atoms with van der Waals surface area (Å²) in [4.78, 5) is 22.8. The van der Waals surface area contributed by atoms with Gasteiger partial charge in [-0.1, -0.05) is 49.4 Å². The highest BCUT2D eigenvalue weighted by Crippen LogP contribution is 2.33. The van der Waals surface area contributed by atoms with E-state index < -0.39 is 0 Å². The highest BCUT2D eigenvalue weighted by atomic mass is 16.5. The predicted molar refractivity (Wildman–Crippen MR) is 145 cm³/mol. The summed E-state index contributed by atoms with van der Waals surface area (Å²) in [7, 11) is 0. The molecule has 1 atom stereocenters. The number of pyridine rings is 1. The molecule has 0 amide bonds. The standard InChI is InChI=1S/C30H37N3O3/c1-5-32(20-23-11-10-14-26(19-23)35-6-2)25-16-18-33(21-25)29-28(30(34)36-22(3)4)27(15-17-31-29)24-12-8-7-9-13-24/h7-15,17,19,22,25H,5-6,16,18,20-21H2,1-4H3. The van der Waals surface area contributed by atoms with Crippen LogP contribution in [-0.2, 0) is 11.3 Å². The van der Waals surface area contributed by atoms with Crippen molar-refractivity contribution in [2.75, 3.05) is 31.1 Å². The van der Waals surface area contributed by atoms with Crippen molar-refractivity contribution in [2.45, 2.75) is 52.8 Å². The molecule has 1 fully saturated rings. The lowest BCUT2D eigenvalue weighted by Crippen LogP contribution is -2.37. The molecular formula is C30H37N3O3. The predicted octanol–water partition coefficient (Wildman–Crippen LogP) is 5.81. The van der Waals surface area contributed by atoms with Crippen LogP contribution in [0.4, 0.5) is 5.82 Å². The molecule has 1 aromatic heterocycles. The van der Waals surface area contributed by atoms with Crippen LogP contribution in [0.15, 0.2) is 66.9 Å². The lowest BCUT2D eigenvalue weighted by molar-refractivity contribution is 0.0379. The Balaban J connectivity index is 1.59. The Morgan fingerprint density at radius 3 is 2.64 bits per heavy atom. The minimum absolute atomic E-state index is 0.205. The molecule has 1 unspecified atom stereocenters. The zero-order chi connectivity index (χ0) is 25.5. The third-order valence-corrected chi connectivity index (χ3v) is 6.54. The third kappa shape index (κ3) is 6.05. The van der Waals surface area contributed by atoms with Crippen molar-refractivity contribution in [3.63, 3.8) is 0 Å². The minimum Gasteiger partial charge on any atom is -0.494 e. The Kier molecular flexibility index (Phi) is 8.60. The van der Waals surface area contributed by atoms with Crippen molar-refractivity contribution >= 4 is 11.8 Å². The summed E-state index contributed by atoms with van der Waals surface area (Å²) >= 11 is 0. The van der Waals surface area contributed by atoms with E-state index in [2.05, 4.69) is 34.9 Å². The second-order valence-corrected chi connectivity index (χ2v) is 9.41. The van der Waals surface area contributed by atoms with Crippen LogP contribution in [0.3, 0.4) is 0 Å². The van der Waals surface area contributed by atoms with Gasteiger partial charge < -0.3 is 14.4 Å². The molecule has 2 aromatic carbocycles. The topological polar surface area (TPSA) is 54.9 Å². The summed E-state index contributed by atoms with van der Waals surface area (Å²) in [6.45, 7) is 12.1. The van der Waals surface area contributed by atoms with Gasteiger partial charge in [0.25, 0.3) is 0 Å². The summed E-state index contributed by atoms with van der Waals surface area (Å²) in [6.07, 6.45) is 2.60. The Morgan fingerprint density at radius 1 is 1.11 bits per heavy atom. The zero-order valence-electron chi connectivity index (χ0n) is 21.8. The van der Waals surface area contributed by atoms with Crippen molar-refractivity contribution in [1.29, 1.82) is 0 Å². The van der Waals surface area contributed by atoms with Gasteiger partial charge >= 0.3 is 5.97 Å². The molecule has 1 saturated heterocycles. The maximum Gasteiger partial charge on any atom is 0.342 e. The smallest absolute Gasteiger partial charge is 0.342 e. The summed E-state index contributed by atoms with van der Waals surface area (Å²) in [5.41, 5.74) is 3.63. The Labute approximate surface area is 214 Å². The van der Waals surface area contributed by atoms with Crippen LogP contribution in [0.5, 0.6) is 5.75 Å². The highest BCUT2D eigenvalue weighted by Gasteiger charge is 2.32. The molecule has 36 heavy (non-hydrogen) atoms. The molecule has 190 valence electrons. The number of benzene rings is 2. The number of likely N-dealkylation sites (N-methyl/N-ethyl adjacent to an activating group) is 1. The molecule has 0 aliphatic carbocycles. The highest BCUT2D eigenvalue weighted by molar-refractivity contribution is 6.02. The van der Waals surface area contributed by atoms with Gasteiger partial charge in [-0.25, -0.2) is 9.78 Å². The number of hydrogen-bond acceptors (Lipinski definition) is 6. The van der Waals surface area contributed by atoms with Crippen molar-refractivity contribution in [2.24, 2.45) is 0 Å². The van der Waals surface area contributed by atoms with E-state index in [4.69, 9.17) is 14.5 Å². The van der Waals surface area contributed by atoms with Crippen molar-refractivity contribution in [1.82, 2.24) is 9.88 Å². The third-order valence-electron chi connectivity index (χ3n) is 6.54. The fraction of sp³-hybridized carbons (Fsp3) is 0.400. The van der Waals surface area contributed by atoms with Gasteiger partial charge in [-0.15, -0.1) is 0 Å². The Bertz CT molecular complexity index is 1150. The number of carbonyl (C=O) groups excluding carboxylic acids is 1. The van der Waals surface area contributed by atoms with Gasteiger partial charge in [0.05, 0.1) is 12.7 Å². The van der Waals surface area contributed by atoms with E-state index in [0.717, 1.165) is 49.5 Å². The maximum absolute atomic E-state index is 13.3. The molecule has 6 heteroatoms. The molecule has 2 heterocycles. The average Bonchev–Trinajstić information content (AvgIpc) is 3.37. The zero-order valence-corrected chi connectivity index (χ0v) is 21.8. The molecule has 0 saturated carbocycles. The quantitative estimate of drug-likeness (QED) is 0.336. The van der Waals surface area contributed by atoms with Crippen molar-refractivity contribution in [3.05, 3.63) is 78.0 Å². The van der Waals surface area contributed by atoms with Gasteiger partial charge in [0.1, 0.15) is 17.1 Å². The number of hydrogen-bond donors (Lipinski definition) is 0. The number of nitrogens with zero attached hydrogens (tertiary/aromatic N) is 3. The number of carbonyl (C=O) groups is 1. The molecule has 3 aromatic rings. The normalized spacial score (nSPS) is 15.5. The Hall–Kier alpha value is -3.38. The van der Waals surface area contributed by atoms with E-state index >= 15 is 0 Å². The van der Waals surface area contributed by atoms with Crippen molar-refractivity contribution < 1.29 is 14.3 Å². The average molecular weight is 488 g/mol. The number of rotatable bonds is 10. The van der Waals surface area contributed by atoms with Crippen LogP contribution in [0, 0.1) is 0 Å². The van der Waals surface area contributed by atoms with Gasteiger partial charge in [0, 0.05) is 37.4 Å². The fourth-order valence-corrected chi connectivity index (χ4v) is 4.89. The number of esters is 1. The van der Waals surface area contributed by atoms with Gasteiger partial charge in [-0.3, -0.25) is 4.90 Å². The summed E-state index contributed by atoms with van der Waals surface area (Å²) in [5.74, 6) is 1.30. The number of aromatic nitrogens is 1. The van der Waals surface area contributed by atoms with Crippen LogP contribution in [0.2, 0.25) is 0 Å². The summed E-state index contributed by atoms with van der Waals surface area (Å²) in [5, 5.41) is 0. The molecule has 4 rings (SSSR count). The summed E-state index contributed by atoms with van der Waals surface area (Å²) < 4.78 is 11.4. The maximum atomic E-state index is 13.3. The lowest BCUT2D eigenvalue weighted by Gasteiger charge is -2.28. The van der Waals surface area contributed by atoms with Gasteiger partial charge in [-0.05, 0) is 63.1 Å². The first-order valence-electron chi connectivity index (χ1n) is 13.0. The van der Waals surface area contributed by atoms with Gasteiger partial charge in [-0.2, -0.15) is 0 Å². The minimum atomic E-state index is -0.324. The van der Waals surface area contributed by atoms with E-state index in [1.165, 1.54) is 5.56 Å². The number of anilines is 1. The molecule has 0 spiro atoms. The summed E-state index contributed by atoms with van der Waals surface area (Å²) in [6, 6.07) is 20.6. The monoisotopic (exact) mass is 487 g/mol. The first kappa shape index (κ1) is 25.7. The van der Waals surface area contributed by atoms with Crippen LogP contribution < -0.4 is 9.64 Å². The second kappa shape index (κ2) is 12.0. The molecular weight excluding hydrogens is 450 g/mol. The molecule has 0 N–H and O–H groups in total. The Morgan fingerprint density at radius 2 is 1.92 bits per heavy atom. The van der Waals surface area contributed by atoms with Gasteiger partial charge in [0.2, 0.25) is 0 Å². The van der Waals surface area contributed by atoms with Crippen LogP contribution in [-0.4, -0.2) is 54.2 Å². The fourth-order valence-electron chi connectivity index (χ4n) is 4.89. The molecule has 1 aliphatic heterocycles. The van der Waals surface area contributed by atoms with E-state index in [1.807, 2.05) is 63.2 Å². The second-order valence-electron chi connectivity index (χ2n) is 9.41. The van der Waals surface area contributed by atoms with Crippen LogP contribution >= 0.6 is 0 Å². The SMILES string of the molecule is CCOc1cccc(CN(CC)C2CCN(c3nccc(-c4ccccc4)c3C(=O)OC(C)C)C2)c1. The van der Waals surface area contributed by atoms with Gasteiger partial charge in [0.15, 0.2) is 0 Å². The largest absolute Gasteiger partial charge is 0.494 e. The lowest BCUT2D eigenvalue weighted by atomic mass is 10.0. The molecule has 0 bridgehead atoms. The molecule has 6 nitrogen and oxygen atoms in total. The van der Waals surface area contributed by atoms with E-state index in [9.17, 15) is 4.79 Å². The first-order chi connectivity index (χ1) is 17.5.